The highest BCUT2D eigenvalue weighted by Crippen LogP contribution is 2.48. The quantitative estimate of drug-likeness (QED) is 0.195. The van der Waals surface area contributed by atoms with Crippen molar-refractivity contribution < 1.29 is 62.0 Å². The van der Waals surface area contributed by atoms with E-state index in [1.807, 2.05) is 0 Å². The predicted molar refractivity (Wildman–Crippen MR) is 62.6 cm³/mol. The topological polar surface area (TPSA) is 72.8 Å². The van der Waals surface area contributed by atoms with Crippen molar-refractivity contribution in [2.45, 2.75) is 49.3 Å². The third-order valence-electron chi connectivity index (χ3n) is 2.62. The average Bonchev–Trinajstić information content (AvgIpc) is 2.41. The monoisotopic (exact) mass is 416 g/mol. The summed E-state index contributed by atoms with van der Waals surface area (Å²) in [5, 5.41) is 8.58. The van der Waals surface area contributed by atoms with E-state index in [4.69, 9.17) is 5.11 Å². The number of aliphatic hydroxyl groups is 1. The lowest BCUT2D eigenvalue weighted by atomic mass is 10.0. The van der Waals surface area contributed by atoms with Crippen LogP contribution in [0.15, 0.2) is 0 Å². The SMILES string of the molecule is CCCCOCC(F)(F)C(F)(F)C(F)(F)C(O)OS(=O)(=O)C(F)(F)F. The number of unbranched alkanes of at least 4 members (excludes halogenated alkanes) is 1. The number of ether oxygens (including phenoxy) is 1. The van der Waals surface area contributed by atoms with E-state index < -0.39 is 52.9 Å². The highest BCUT2D eigenvalue weighted by Gasteiger charge is 2.75. The Labute approximate surface area is 135 Å². The van der Waals surface area contributed by atoms with Crippen molar-refractivity contribution in [2.24, 2.45) is 0 Å². The second kappa shape index (κ2) is 7.84. The minimum Gasteiger partial charge on any atom is -0.375 e. The van der Waals surface area contributed by atoms with E-state index in [1.54, 1.807) is 6.92 Å². The molecule has 0 aliphatic heterocycles. The van der Waals surface area contributed by atoms with E-state index in [0.29, 0.717) is 6.42 Å². The standard InChI is InChI=1S/C10H13F9O5S/c1-2-3-4-23-5-7(11,12)9(15,16)8(13,14)6(20)24-25(21,22)10(17,18)19/h6,20H,2-5H2,1H3. The number of rotatable bonds is 10. The number of hydrogen-bond donors (Lipinski definition) is 1. The van der Waals surface area contributed by atoms with Crippen molar-refractivity contribution in [3.8, 4) is 0 Å². The molecular weight excluding hydrogens is 403 g/mol. The molecule has 0 saturated heterocycles. The average molecular weight is 416 g/mol. The van der Waals surface area contributed by atoms with Crippen LogP contribution in [0.25, 0.3) is 0 Å². The summed E-state index contributed by atoms with van der Waals surface area (Å²) in [6.45, 7) is -1.19. The maximum Gasteiger partial charge on any atom is 0.523 e. The molecule has 152 valence electrons. The van der Waals surface area contributed by atoms with Gasteiger partial charge in [0.15, 0.2) is 0 Å². The first-order valence-electron chi connectivity index (χ1n) is 6.33. The van der Waals surface area contributed by atoms with E-state index in [-0.39, 0.29) is 6.42 Å². The molecule has 5 nitrogen and oxygen atoms in total. The molecule has 0 saturated carbocycles. The molecule has 0 radical (unpaired) electrons. The zero-order valence-corrected chi connectivity index (χ0v) is 13.1. The maximum absolute atomic E-state index is 13.3. The summed E-state index contributed by atoms with van der Waals surface area (Å²) in [4.78, 5) is 0. The molecule has 0 amide bonds. The van der Waals surface area contributed by atoms with Crippen LogP contribution in [0.3, 0.4) is 0 Å². The normalized spacial score (nSPS) is 16.1. The predicted octanol–water partition coefficient (Wildman–Crippen LogP) is 2.89. The van der Waals surface area contributed by atoms with Gasteiger partial charge in [-0.05, 0) is 6.42 Å². The summed E-state index contributed by atoms with van der Waals surface area (Å²) in [6, 6.07) is 0. The maximum atomic E-state index is 13.3. The summed E-state index contributed by atoms with van der Waals surface area (Å²) in [5.41, 5.74) is -6.36. The van der Waals surface area contributed by atoms with Gasteiger partial charge in [-0.2, -0.15) is 47.9 Å². The minimum absolute atomic E-state index is 0.119. The van der Waals surface area contributed by atoms with Crippen LogP contribution in [0.1, 0.15) is 19.8 Å². The van der Waals surface area contributed by atoms with Gasteiger partial charge in [0.1, 0.15) is 6.61 Å². The minimum atomic E-state index is -6.95. The van der Waals surface area contributed by atoms with Crippen LogP contribution in [-0.4, -0.2) is 56.3 Å². The number of aliphatic hydroxyl groups excluding tert-OH is 1. The summed E-state index contributed by atoms with van der Waals surface area (Å²) >= 11 is 0. The Hall–Kier alpha value is -0.800. The van der Waals surface area contributed by atoms with Gasteiger partial charge in [0, 0.05) is 6.61 Å². The molecular formula is C10H13F9O5S. The number of halogens is 9. The fourth-order valence-electron chi connectivity index (χ4n) is 1.17. The number of alkyl halides is 9. The van der Waals surface area contributed by atoms with Crippen molar-refractivity contribution in [1.82, 2.24) is 0 Å². The zero-order valence-electron chi connectivity index (χ0n) is 12.3. The molecule has 0 heterocycles. The lowest BCUT2D eigenvalue weighted by Gasteiger charge is -2.34. The van der Waals surface area contributed by atoms with Crippen molar-refractivity contribution in [2.75, 3.05) is 13.2 Å². The van der Waals surface area contributed by atoms with Crippen molar-refractivity contribution >= 4 is 10.1 Å². The smallest absolute Gasteiger partial charge is 0.375 e. The van der Waals surface area contributed by atoms with Crippen LogP contribution >= 0.6 is 0 Å². The van der Waals surface area contributed by atoms with E-state index in [2.05, 4.69) is 8.92 Å². The van der Waals surface area contributed by atoms with Gasteiger partial charge in [0.2, 0.25) is 6.29 Å². The summed E-state index contributed by atoms with van der Waals surface area (Å²) in [6.07, 6.45) is -4.22. The Balaban J connectivity index is 5.37. The molecule has 1 N–H and O–H groups in total. The molecule has 0 rings (SSSR count). The highest BCUT2D eigenvalue weighted by atomic mass is 32.2. The van der Waals surface area contributed by atoms with Crippen molar-refractivity contribution in [3.05, 3.63) is 0 Å². The molecule has 0 fully saturated rings. The Kier molecular flexibility index (Phi) is 7.58. The molecule has 15 heteroatoms. The van der Waals surface area contributed by atoms with Crippen LogP contribution in [0.2, 0.25) is 0 Å². The molecule has 25 heavy (non-hydrogen) atoms. The zero-order chi connectivity index (χ0) is 20.3. The molecule has 0 aliphatic rings. The largest absolute Gasteiger partial charge is 0.523 e. The fourth-order valence-corrected chi connectivity index (χ4v) is 1.64. The lowest BCUT2D eigenvalue weighted by molar-refractivity contribution is -0.361. The van der Waals surface area contributed by atoms with Crippen molar-refractivity contribution in [1.29, 1.82) is 0 Å². The van der Waals surface area contributed by atoms with Crippen LogP contribution in [0, 0.1) is 0 Å². The van der Waals surface area contributed by atoms with Gasteiger partial charge >= 0.3 is 33.4 Å². The number of hydrogen-bond acceptors (Lipinski definition) is 5. The molecule has 0 bridgehead atoms. The summed E-state index contributed by atoms with van der Waals surface area (Å²) in [7, 11) is -6.95. The molecule has 0 aliphatic carbocycles. The van der Waals surface area contributed by atoms with E-state index in [0.717, 1.165) is 0 Å². The Bertz CT molecular complexity index is 531. The molecule has 0 aromatic rings. The van der Waals surface area contributed by atoms with E-state index in [9.17, 15) is 47.9 Å². The Morgan fingerprint density at radius 3 is 1.88 bits per heavy atom. The Morgan fingerprint density at radius 2 is 1.48 bits per heavy atom. The second-order valence-corrected chi connectivity index (χ2v) is 6.22. The third-order valence-corrected chi connectivity index (χ3v) is 3.62. The first-order valence-corrected chi connectivity index (χ1v) is 7.73. The summed E-state index contributed by atoms with van der Waals surface area (Å²) < 4.78 is 143. The lowest BCUT2D eigenvalue weighted by Crippen LogP contribution is -2.62. The summed E-state index contributed by atoms with van der Waals surface area (Å²) in [5.74, 6) is -18.5. The van der Waals surface area contributed by atoms with E-state index in [1.165, 1.54) is 0 Å². The highest BCUT2D eigenvalue weighted by molar-refractivity contribution is 7.87. The van der Waals surface area contributed by atoms with Crippen molar-refractivity contribution in [3.63, 3.8) is 0 Å². The van der Waals surface area contributed by atoms with Crippen LogP contribution in [-0.2, 0) is 19.0 Å². The first-order chi connectivity index (χ1) is 10.9. The Morgan fingerprint density at radius 1 is 1.00 bits per heavy atom. The van der Waals surface area contributed by atoms with Crippen LogP contribution in [0.4, 0.5) is 39.5 Å². The molecule has 1 unspecified atom stereocenters. The third kappa shape index (κ3) is 5.34. The molecule has 0 spiro atoms. The molecule has 1 atom stereocenters. The van der Waals surface area contributed by atoms with Gasteiger partial charge in [-0.15, -0.1) is 0 Å². The van der Waals surface area contributed by atoms with Crippen LogP contribution in [0.5, 0.6) is 0 Å². The van der Waals surface area contributed by atoms with Crippen LogP contribution < -0.4 is 0 Å². The van der Waals surface area contributed by atoms with Gasteiger partial charge in [0.05, 0.1) is 0 Å². The fraction of sp³-hybridized carbons (Fsp3) is 1.00. The van der Waals surface area contributed by atoms with Gasteiger partial charge in [0.25, 0.3) is 0 Å². The second-order valence-electron chi connectivity index (χ2n) is 4.66. The van der Waals surface area contributed by atoms with Gasteiger partial charge < -0.3 is 9.84 Å². The molecule has 0 aromatic carbocycles. The van der Waals surface area contributed by atoms with Gasteiger partial charge in [-0.25, -0.2) is 4.18 Å². The van der Waals surface area contributed by atoms with Gasteiger partial charge in [-0.1, -0.05) is 13.3 Å². The van der Waals surface area contributed by atoms with Gasteiger partial charge in [-0.3, -0.25) is 0 Å². The molecule has 0 aromatic heterocycles. The first kappa shape index (κ1) is 24.2. The van der Waals surface area contributed by atoms with E-state index >= 15 is 0 Å².